The summed E-state index contributed by atoms with van der Waals surface area (Å²) in [7, 11) is 0. The van der Waals surface area contributed by atoms with Crippen molar-refractivity contribution in [3.05, 3.63) is 58.4 Å². The lowest BCUT2D eigenvalue weighted by molar-refractivity contribution is -0.127. The molecular weight excluding hydrogens is 302 g/mol. The maximum atomic E-state index is 12.5. The average molecular weight is 323 g/mol. The number of rotatable bonds is 3. The largest absolute Gasteiger partial charge is 0.480 e. The van der Waals surface area contributed by atoms with Gasteiger partial charge in [-0.2, -0.15) is 0 Å². The first kappa shape index (κ1) is 15.1. The van der Waals surface area contributed by atoms with Crippen molar-refractivity contribution in [3.8, 4) is 5.75 Å². The molecule has 0 unspecified atom stereocenters. The molecule has 0 saturated carbocycles. The van der Waals surface area contributed by atoms with Crippen molar-refractivity contribution in [2.24, 2.45) is 0 Å². The number of carbonyl (C=O) groups is 1. The average Bonchev–Trinajstić information content (AvgIpc) is 3.05. The molecule has 0 fully saturated rings. The Bertz CT molecular complexity index is 763. The number of hydrogen-bond acceptors (Lipinski definition) is 4. The Morgan fingerprint density at radius 1 is 1.38 bits per heavy atom. The lowest BCUT2D eigenvalue weighted by atomic mass is 9.96. The maximum Gasteiger partial charge on any atom is 0.261 e. The van der Waals surface area contributed by atoms with Crippen molar-refractivity contribution in [2.45, 2.75) is 39.0 Å². The third-order valence-electron chi connectivity index (χ3n) is 4.85. The molecule has 0 radical (unpaired) electrons. The van der Waals surface area contributed by atoms with Crippen molar-refractivity contribution in [3.63, 3.8) is 0 Å². The first-order valence-corrected chi connectivity index (χ1v) is 8.41. The predicted octanol–water partition coefficient (Wildman–Crippen LogP) is 1.66. The van der Waals surface area contributed by atoms with E-state index in [-0.39, 0.29) is 5.91 Å². The van der Waals surface area contributed by atoms with Crippen LogP contribution in [0.2, 0.25) is 0 Å². The Morgan fingerprint density at radius 3 is 3.12 bits per heavy atom. The number of aromatic nitrogens is 1. The van der Waals surface area contributed by atoms with E-state index >= 15 is 0 Å². The Kier molecular flexibility index (Phi) is 3.94. The highest BCUT2D eigenvalue weighted by atomic mass is 16.5. The Morgan fingerprint density at radius 2 is 2.25 bits per heavy atom. The molecule has 2 N–H and O–H groups in total. The third kappa shape index (κ3) is 2.76. The van der Waals surface area contributed by atoms with Gasteiger partial charge in [-0.1, -0.05) is 18.2 Å². The molecule has 0 saturated heterocycles. The van der Waals surface area contributed by atoms with E-state index < -0.39 is 6.10 Å². The summed E-state index contributed by atoms with van der Waals surface area (Å²) in [5.41, 5.74) is 5.81. The van der Waals surface area contributed by atoms with Gasteiger partial charge in [0.05, 0.1) is 0 Å². The number of nitrogens with zero attached hydrogens (tertiary/aromatic N) is 1. The minimum absolute atomic E-state index is 0.0582. The summed E-state index contributed by atoms with van der Waals surface area (Å²) in [5.74, 6) is 0.760. The Balaban J connectivity index is 1.45. The van der Waals surface area contributed by atoms with Crippen LogP contribution in [0, 0.1) is 6.92 Å². The number of para-hydroxylation sites is 1. The number of fused-ring (bicyclic) bond motifs is 2. The molecule has 5 nitrogen and oxygen atoms in total. The van der Waals surface area contributed by atoms with E-state index in [2.05, 4.69) is 15.6 Å². The summed E-state index contributed by atoms with van der Waals surface area (Å²) >= 11 is 0. The molecule has 124 valence electrons. The van der Waals surface area contributed by atoms with Gasteiger partial charge in [0.15, 0.2) is 6.10 Å². The molecule has 0 spiro atoms. The number of amides is 1. The number of aryl methyl sites for hydroxylation is 1. The molecule has 2 aliphatic rings. The summed E-state index contributed by atoms with van der Waals surface area (Å²) in [4.78, 5) is 17.0. The highest BCUT2D eigenvalue weighted by Gasteiger charge is 2.28. The van der Waals surface area contributed by atoms with E-state index in [0.29, 0.717) is 13.0 Å². The first-order chi connectivity index (χ1) is 11.7. The number of pyridine rings is 1. The van der Waals surface area contributed by atoms with Crippen LogP contribution in [0.25, 0.3) is 0 Å². The third-order valence-corrected chi connectivity index (χ3v) is 4.85. The summed E-state index contributed by atoms with van der Waals surface area (Å²) in [5, 5.41) is 6.40. The highest BCUT2D eigenvalue weighted by molar-refractivity contribution is 5.82. The molecule has 1 aromatic heterocycles. The van der Waals surface area contributed by atoms with Crippen molar-refractivity contribution >= 4 is 5.91 Å². The molecule has 1 atom stereocenters. The van der Waals surface area contributed by atoms with Crippen LogP contribution in [0.4, 0.5) is 0 Å². The first-order valence-electron chi connectivity index (χ1n) is 8.41. The van der Waals surface area contributed by atoms with E-state index in [1.54, 1.807) is 0 Å². The van der Waals surface area contributed by atoms with Gasteiger partial charge < -0.3 is 15.4 Å². The molecule has 24 heavy (non-hydrogen) atoms. The molecule has 1 aromatic carbocycles. The standard InChI is InChI=1S/C19H21N3O2/c1-12-16(15-6-7-20-9-14(15)10-21-12)11-22-19(23)18-8-13-4-2-3-5-17(13)24-18/h2-5,10,18,20H,6-9,11H2,1H3,(H,22,23)/t18-/m0/s1. The summed E-state index contributed by atoms with van der Waals surface area (Å²) < 4.78 is 5.76. The maximum absolute atomic E-state index is 12.5. The fourth-order valence-electron chi connectivity index (χ4n) is 3.50. The van der Waals surface area contributed by atoms with Gasteiger partial charge in [0.2, 0.25) is 0 Å². The van der Waals surface area contributed by atoms with Crippen molar-refractivity contribution in [2.75, 3.05) is 6.54 Å². The number of nitrogens with one attached hydrogen (secondary N) is 2. The van der Waals surface area contributed by atoms with E-state index in [9.17, 15) is 4.79 Å². The topological polar surface area (TPSA) is 63.2 Å². The smallest absolute Gasteiger partial charge is 0.261 e. The second kappa shape index (κ2) is 6.24. The number of carbonyl (C=O) groups excluding carboxylic acids is 1. The van der Waals surface area contributed by atoms with Crippen LogP contribution in [0.15, 0.2) is 30.5 Å². The highest BCUT2D eigenvalue weighted by Crippen LogP contribution is 2.28. The lowest BCUT2D eigenvalue weighted by Crippen LogP contribution is -2.37. The zero-order valence-electron chi connectivity index (χ0n) is 13.8. The van der Waals surface area contributed by atoms with Crippen LogP contribution in [0.1, 0.15) is 27.9 Å². The molecule has 2 aliphatic heterocycles. The quantitative estimate of drug-likeness (QED) is 0.902. The van der Waals surface area contributed by atoms with Gasteiger partial charge in [-0.3, -0.25) is 9.78 Å². The van der Waals surface area contributed by atoms with Gasteiger partial charge in [-0.25, -0.2) is 0 Å². The second-order valence-electron chi connectivity index (χ2n) is 6.39. The number of hydrogen-bond donors (Lipinski definition) is 2. The molecule has 2 aromatic rings. The lowest BCUT2D eigenvalue weighted by Gasteiger charge is -2.22. The fraction of sp³-hybridized carbons (Fsp3) is 0.368. The predicted molar refractivity (Wildman–Crippen MR) is 90.8 cm³/mol. The molecule has 0 aliphatic carbocycles. The molecule has 1 amide bonds. The zero-order valence-corrected chi connectivity index (χ0v) is 13.8. The van der Waals surface area contributed by atoms with E-state index in [1.165, 1.54) is 11.1 Å². The monoisotopic (exact) mass is 323 g/mol. The van der Waals surface area contributed by atoms with Gasteiger partial charge in [0, 0.05) is 31.4 Å². The van der Waals surface area contributed by atoms with Crippen LogP contribution >= 0.6 is 0 Å². The van der Waals surface area contributed by atoms with Gasteiger partial charge >= 0.3 is 0 Å². The van der Waals surface area contributed by atoms with Gasteiger partial charge in [0.25, 0.3) is 5.91 Å². The molecular formula is C19H21N3O2. The van der Waals surface area contributed by atoms with Crippen LogP contribution in [-0.4, -0.2) is 23.5 Å². The summed E-state index contributed by atoms with van der Waals surface area (Å²) in [6, 6.07) is 7.83. The Hall–Kier alpha value is -2.40. The van der Waals surface area contributed by atoms with Crippen molar-refractivity contribution in [1.82, 2.24) is 15.6 Å². The Labute approximate surface area is 141 Å². The van der Waals surface area contributed by atoms with Gasteiger partial charge in [0.1, 0.15) is 5.75 Å². The zero-order chi connectivity index (χ0) is 16.5. The second-order valence-corrected chi connectivity index (χ2v) is 6.39. The van der Waals surface area contributed by atoms with Crippen molar-refractivity contribution < 1.29 is 9.53 Å². The van der Waals surface area contributed by atoms with Crippen LogP contribution in [-0.2, 0) is 30.7 Å². The van der Waals surface area contributed by atoms with Crippen LogP contribution in [0.5, 0.6) is 5.75 Å². The SMILES string of the molecule is Cc1ncc2c(c1CNC(=O)[C@@H]1Cc3ccccc3O1)CCNC2. The minimum Gasteiger partial charge on any atom is -0.480 e. The summed E-state index contributed by atoms with van der Waals surface area (Å²) in [6.45, 7) is 4.34. The van der Waals surface area contributed by atoms with Gasteiger partial charge in [-0.15, -0.1) is 0 Å². The van der Waals surface area contributed by atoms with Gasteiger partial charge in [-0.05, 0) is 48.2 Å². The van der Waals surface area contributed by atoms with Crippen LogP contribution in [0.3, 0.4) is 0 Å². The fourth-order valence-corrected chi connectivity index (χ4v) is 3.50. The number of benzene rings is 1. The molecule has 0 bridgehead atoms. The van der Waals surface area contributed by atoms with E-state index in [4.69, 9.17) is 4.74 Å². The molecule has 5 heteroatoms. The molecule has 4 rings (SSSR count). The number of ether oxygens (including phenoxy) is 1. The van der Waals surface area contributed by atoms with E-state index in [1.807, 2.05) is 37.4 Å². The van der Waals surface area contributed by atoms with E-state index in [0.717, 1.165) is 42.1 Å². The summed E-state index contributed by atoms with van der Waals surface area (Å²) in [6.07, 6.45) is 3.13. The van der Waals surface area contributed by atoms with Crippen LogP contribution < -0.4 is 15.4 Å². The van der Waals surface area contributed by atoms with Crippen molar-refractivity contribution in [1.29, 1.82) is 0 Å². The normalized spacial score (nSPS) is 18.5. The molecule has 3 heterocycles. The minimum atomic E-state index is -0.433.